The molecule has 3 fully saturated rings. The highest BCUT2D eigenvalue weighted by molar-refractivity contribution is 8.06. The highest BCUT2D eigenvalue weighted by Gasteiger charge is 2.54. The molecule has 0 spiro atoms. The van der Waals surface area contributed by atoms with E-state index in [9.17, 15) is 50.5 Å². The van der Waals surface area contributed by atoms with E-state index in [2.05, 4.69) is 25.1 Å². The summed E-state index contributed by atoms with van der Waals surface area (Å²) in [5, 5.41) is -1.63. The Labute approximate surface area is 188 Å². The van der Waals surface area contributed by atoms with Crippen molar-refractivity contribution in [2.75, 3.05) is 11.9 Å². The molecule has 0 aromatic heterocycles. The fourth-order valence-electron chi connectivity index (χ4n) is 2.75. The van der Waals surface area contributed by atoms with Gasteiger partial charge in [-0.2, -0.15) is 50.5 Å². The summed E-state index contributed by atoms with van der Waals surface area (Å²) in [6.45, 7) is -1.09. The highest BCUT2D eigenvalue weighted by Crippen LogP contribution is 2.33. The zero-order valence-electron chi connectivity index (χ0n) is 15.6. The second-order valence-corrected chi connectivity index (χ2v) is 17.7. The Morgan fingerprint density at radius 3 is 1.30 bits per heavy atom. The highest BCUT2D eigenvalue weighted by atomic mass is 32.3. The van der Waals surface area contributed by atoms with Crippen LogP contribution in [0.15, 0.2) is 0 Å². The van der Waals surface area contributed by atoms with Crippen LogP contribution in [-0.4, -0.2) is 84.1 Å². The largest absolute Gasteiger partial charge is 0.290 e. The van der Waals surface area contributed by atoms with Crippen LogP contribution < -0.4 is 0 Å². The smallest absolute Gasteiger partial charge is 0.239 e. The van der Waals surface area contributed by atoms with Gasteiger partial charge in [-0.25, -0.2) is 25.1 Å². The molecular formula is C9H14O18S6. The Kier molecular flexibility index (Phi) is 7.00. The van der Waals surface area contributed by atoms with E-state index in [1.54, 1.807) is 0 Å². The van der Waals surface area contributed by atoms with Gasteiger partial charge in [0.1, 0.15) is 0 Å². The maximum atomic E-state index is 12.3. The number of hydrogen-bond donors (Lipinski definition) is 0. The molecule has 3 aliphatic rings. The molecule has 33 heavy (non-hydrogen) atoms. The fourth-order valence-corrected chi connectivity index (χ4v) is 12.0. The van der Waals surface area contributed by atoms with Gasteiger partial charge in [0.25, 0.3) is 60.7 Å². The van der Waals surface area contributed by atoms with Gasteiger partial charge in [0, 0.05) is 0 Å². The zero-order valence-corrected chi connectivity index (χ0v) is 20.5. The van der Waals surface area contributed by atoms with Crippen LogP contribution in [0, 0.1) is 0 Å². The van der Waals surface area contributed by atoms with E-state index in [-0.39, 0.29) is 0 Å². The summed E-state index contributed by atoms with van der Waals surface area (Å²) >= 11 is 0. The topological polar surface area (TPSA) is 260 Å². The van der Waals surface area contributed by atoms with E-state index >= 15 is 0 Å². The Hall–Kier alpha value is -0.540. The average molecular weight is 603 g/mol. The summed E-state index contributed by atoms with van der Waals surface area (Å²) in [6, 6.07) is 0. The van der Waals surface area contributed by atoms with Crippen molar-refractivity contribution in [3.8, 4) is 0 Å². The van der Waals surface area contributed by atoms with Crippen LogP contribution in [0.1, 0.15) is 19.3 Å². The molecule has 3 saturated heterocycles. The van der Waals surface area contributed by atoms with Crippen LogP contribution in [0.5, 0.6) is 0 Å². The van der Waals surface area contributed by atoms with Crippen molar-refractivity contribution in [2.24, 2.45) is 0 Å². The molecule has 0 radical (unpaired) electrons. The van der Waals surface area contributed by atoms with Crippen molar-refractivity contribution in [3.63, 3.8) is 0 Å². The van der Waals surface area contributed by atoms with Gasteiger partial charge >= 0.3 is 0 Å². The van der Waals surface area contributed by atoms with Gasteiger partial charge in [0.2, 0.25) is 26.8 Å². The van der Waals surface area contributed by atoms with Crippen LogP contribution in [-0.2, 0) is 85.8 Å². The first-order chi connectivity index (χ1) is 14.8. The van der Waals surface area contributed by atoms with Gasteiger partial charge in [-0.3, -0.25) is 0 Å². The maximum Gasteiger partial charge on any atom is 0.290 e. The maximum absolute atomic E-state index is 12.3. The lowest BCUT2D eigenvalue weighted by atomic mass is 10.3. The molecule has 0 N–H and O–H groups in total. The van der Waals surface area contributed by atoms with E-state index in [0.717, 1.165) is 0 Å². The second-order valence-electron chi connectivity index (χ2n) is 6.47. The molecule has 0 bridgehead atoms. The summed E-state index contributed by atoms with van der Waals surface area (Å²) in [5.41, 5.74) is 0. The molecule has 0 atom stereocenters. The lowest BCUT2D eigenvalue weighted by molar-refractivity contribution is -0.152. The molecule has 3 heterocycles. The van der Waals surface area contributed by atoms with Crippen molar-refractivity contribution in [2.45, 2.75) is 41.0 Å². The summed E-state index contributed by atoms with van der Waals surface area (Å²) < 4.78 is 163. The first-order valence-electron chi connectivity index (χ1n) is 8.19. The minimum atomic E-state index is -5.19. The standard InChI is InChI=1S/C9H14O18S6/c10-28(11)5-29(12,13)25-8(24-28)9-26-32(18,19)7(33(20,21)27-9)3-1-2-6-30(14,15)22-4-23-31(6,16)17/h6-9H,1-5H2. The van der Waals surface area contributed by atoms with Gasteiger partial charge in [0.05, 0.1) is 0 Å². The van der Waals surface area contributed by atoms with Crippen molar-refractivity contribution >= 4 is 60.7 Å². The molecule has 0 unspecified atom stereocenters. The molecule has 0 saturated carbocycles. The van der Waals surface area contributed by atoms with Gasteiger partial charge < -0.3 is 0 Å². The second kappa shape index (κ2) is 8.54. The molecule has 24 heteroatoms. The molecule has 0 aromatic rings. The molecule has 0 aliphatic carbocycles. The van der Waals surface area contributed by atoms with E-state index in [0.29, 0.717) is 0 Å². The van der Waals surface area contributed by atoms with Gasteiger partial charge in [-0.1, -0.05) is 0 Å². The number of rotatable bonds is 5. The van der Waals surface area contributed by atoms with Gasteiger partial charge in [-0.15, -0.1) is 0 Å². The Bertz CT molecular complexity index is 1330. The summed E-state index contributed by atoms with van der Waals surface area (Å²) in [5.74, 6) is 0. The van der Waals surface area contributed by atoms with Crippen molar-refractivity contribution < 1.29 is 75.6 Å². The molecule has 0 amide bonds. The third kappa shape index (κ3) is 6.00. The Balaban J connectivity index is 1.76. The lowest BCUT2D eigenvalue weighted by Gasteiger charge is -2.33. The summed E-state index contributed by atoms with van der Waals surface area (Å²) in [4.78, 5) is 0. The summed E-state index contributed by atoms with van der Waals surface area (Å²) in [6.07, 6.45) is -7.77. The molecule has 194 valence electrons. The van der Waals surface area contributed by atoms with Crippen LogP contribution in [0.3, 0.4) is 0 Å². The zero-order chi connectivity index (χ0) is 25.1. The van der Waals surface area contributed by atoms with E-state index in [1.165, 1.54) is 0 Å². The van der Waals surface area contributed by atoms with Crippen LogP contribution in [0.25, 0.3) is 0 Å². The molecule has 3 aliphatic heterocycles. The van der Waals surface area contributed by atoms with E-state index in [4.69, 9.17) is 0 Å². The monoisotopic (exact) mass is 602 g/mol. The first kappa shape index (κ1) is 27.1. The molecule has 0 aromatic carbocycles. The SMILES string of the molecule is O=S1(=O)CS(=O)(=O)OC(C2OS(=O)(=O)C(CCCC3S(=O)(=O)OCOS3(=O)=O)S(=O)(=O)O2)O1. The quantitative estimate of drug-likeness (QED) is 0.276. The minimum Gasteiger partial charge on any atom is -0.239 e. The van der Waals surface area contributed by atoms with Crippen LogP contribution in [0.4, 0.5) is 0 Å². The normalized spacial score (nSPS) is 34.9. The summed E-state index contributed by atoms with van der Waals surface area (Å²) in [7, 11) is -29.3. The van der Waals surface area contributed by atoms with Gasteiger partial charge in [0.15, 0.2) is 6.79 Å². The van der Waals surface area contributed by atoms with Crippen molar-refractivity contribution in [1.29, 1.82) is 0 Å². The first-order valence-corrected chi connectivity index (χ1v) is 17.2. The Morgan fingerprint density at radius 1 is 0.515 bits per heavy atom. The van der Waals surface area contributed by atoms with E-state index in [1.807, 2.05) is 0 Å². The molecular weight excluding hydrogens is 588 g/mol. The minimum absolute atomic E-state index is 0.657. The van der Waals surface area contributed by atoms with Crippen molar-refractivity contribution in [3.05, 3.63) is 0 Å². The van der Waals surface area contributed by atoms with Gasteiger partial charge in [-0.05, 0) is 19.3 Å². The Morgan fingerprint density at radius 2 is 0.879 bits per heavy atom. The van der Waals surface area contributed by atoms with Crippen LogP contribution >= 0.6 is 0 Å². The molecule has 3 rings (SSSR count). The fraction of sp³-hybridized carbons (Fsp3) is 1.00. The third-order valence-corrected chi connectivity index (χ3v) is 15.4. The van der Waals surface area contributed by atoms with E-state index < -0.39 is 114 Å². The molecule has 18 nitrogen and oxygen atoms in total. The average Bonchev–Trinajstić information content (AvgIpc) is 2.54. The van der Waals surface area contributed by atoms with Crippen LogP contribution in [0.2, 0.25) is 0 Å². The predicted octanol–water partition coefficient (Wildman–Crippen LogP) is -3.50. The third-order valence-electron chi connectivity index (χ3n) is 4.04. The predicted molar refractivity (Wildman–Crippen MR) is 98.8 cm³/mol. The number of hydrogen-bond acceptors (Lipinski definition) is 18. The lowest BCUT2D eigenvalue weighted by Crippen LogP contribution is -2.52. The van der Waals surface area contributed by atoms with Crippen molar-refractivity contribution in [1.82, 2.24) is 0 Å².